The van der Waals surface area contributed by atoms with Gasteiger partial charge in [-0.2, -0.15) is 26.3 Å². The number of aliphatic hydroxyl groups excluding tert-OH is 1. The number of rotatable bonds is 2. The Bertz CT molecular complexity index is 678. The second-order valence-electron chi connectivity index (χ2n) is 4.39. The molecule has 0 unspecified atom stereocenters. The van der Waals surface area contributed by atoms with Gasteiger partial charge in [-0.15, -0.1) is 0 Å². The summed E-state index contributed by atoms with van der Waals surface area (Å²) in [6.45, 7) is -0.960. The van der Waals surface area contributed by atoms with Crippen LogP contribution in [-0.4, -0.2) is 10.1 Å². The first-order chi connectivity index (χ1) is 10.2. The standard InChI is InChI=1S/C14H9F6NO/c15-13(16,17)10-4-2-1-3-9(10)12-11(14(18,19)20)8(7-22)5-6-21-12/h1-6,22H,7H2. The smallest absolute Gasteiger partial charge is 0.392 e. The number of aromatic nitrogens is 1. The van der Waals surface area contributed by atoms with Gasteiger partial charge in [0.15, 0.2) is 0 Å². The predicted molar refractivity (Wildman–Crippen MR) is 65.6 cm³/mol. The van der Waals surface area contributed by atoms with Gasteiger partial charge < -0.3 is 5.11 Å². The number of aliphatic hydroxyl groups is 1. The van der Waals surface area contributed by atoms with Crippen LogP contribution in [0.5, 0.6) is 0 Å². The average molecular weight is 321 g/mol. The van der Waals surface area contributed by atoms with E-state index in [-0.39, 0.29) is 0 Å². The Morgan fingerprint density at radius 3 is 2.09 bits per heavy atom. The molecule has 0 atom stereocenters. The van der Waals surface area contributed by atoms with Crippen molar-refractivity contribution >= 4 is 0 Å². The molecule has 0 aliphatic carbocycles. The van der Waals surface area contributed by atoms with Crippen molar-refractivity contribution < 1.29 is 31.4 Å². The summed E-state index contributed by atoms with van der Waals surface area (Å²) in [6, 6.07) is 4.79. The SMILES string of the molecule is OCc1ccnc(-c2ccccc2C(F)(F)F)c1C(F)(F)F. The Labute approximate surface area is 121 Å². The van der Waals surface area contributed by atoms with Crippen LogP contribution in [0.1, 0.15) is 16.7 Å². The number of pyridine rings is 1. The Morgan fingerprint density at radius 2 is 1.55 bits per heavy atom. The summed E-state index contributed by atoms with van der Waals surface area (Å²) in [5.41, 5.74) is -4.66. The number of hydrogen-bond acceptors (Lipinski definition) is 2. The third-order valence-corrected chi connectivity index (χ3v) is 2.98. The highest BCUT2D eigenvalue weighted by molar-refractivity contribution is 5.69. The topological polar surface area (TPSA) is 33.1 Å². The van der Waals surface area contributed by atoms with Crippen molar-refractivity contribution in [3.63, 3.8) is 0 Å². The Morgan fingerprint density at radius 1 is 0.909 bits per heavy atom. The van der Waals surface area contributed by atoms with Crippen LogP contribution in [0.3, 0.4) is 0 Å². The Kier molecular flexibility index (Phi) is 4.15. The van der Waals surface area contributed by atoms with Crippen LogP contribution < -0.4 is 0 Å². The van der Waals surface area contributed by atoms with Crippen LogP contribution >= 0.6 is 0 Å². The van der Waals surface area contributed by atoms with Crippen LogP contribution in [0.4, 0.5) is 26.3 Å². The summed E-state index contributed by atoms with van der Waals surface area (Å²) < 4.78 is 78.5. The molecule has 1 aromatic carbocycles. The highest BCUT2D eigenvalue weighted by atomic mass is 19.4. The lowest BCUT2D eigenvalue weighted by Gasteiger charge is -2.18. The molecule has 0 bridgehead atoms. The fraction of sp³-hybridized carbons (Fsp3) is 0.214. The predicted octanol–water partition coefficient (Wildman–Crippen LogP) is 4.28. The zero-order valence-corrected chi connectivity index (χ0v) is 10.8. The van der Waals surface area contributed by atoms with Crippen molar-refractivity contribution in [3.05, 3.63) is 53.2 Å². The van der Waals surface area contributed by atoms with Crippen LogP contribution in [0.2, 0.25) is 0 Å². The molecule has 0 aliphatic heterocycles. The average Bonchev–Trinajstić information content (AvgIpc) is 2.44. The molecule has 1 aromatic heterocycles. The molecule has 0 radical (unpaired) electrons. The summed E-state index contributed by atoms with van der Waals surface area (Å²) in [7, 11) is 0. The molecule has 2 nitrogen and oxygen atoms in total. The first-order valence-electron chi connectivity index (χ1n) is 5.98. The maximum atomic E-state index is 13.2. The lowest BCUT2D eigenvalue weighted by Crippen LogP contribution is -2.15. The second kappa shape index (κ2) is 5.60. The number of nitrogens with zero attached hydrogens (tertiary/aromatic N) is 1. The maximum absolute atomic E-state index is 13.2. The van der Waals surface area contributed by atoms with Gasteiger partial charge in [0.05, 0.1) is 23.4 Å². The van der Waals surface area contributed by atoms with Gasteiger partial charge in [-0.3, -0.25) is 4.98 Å². The molecule has 118 valence electrons. The monoisotopic (exact) mass is 321 g/mol. The number of hydrogen-bond donors (Lipinski definition) is 1. The zero-order chi connectivity index (χ0) is 16.5. The molecule has 0 saturated carbocycles. The summed E-state index contributed by atoms with van der Waals surface area (Å²) in [5, 5.41) is 9.03. The van der Waals surface area contributed by atoms with Crippen molar-refractivity contribution in [2.45, 2.75) is 19.0 Å². The van der Waals surface area contributed by atoms with E-state index < -0.39 is 46.9 Å². The van der Waals surface area contributed by atoms with Crippen LogP contribution in [0.25, 0.3) is 11.3 Å². The molecule has 0 aliphatic rings. The minimum atomic E-state index is -4.94. The molecule has 2 aromatic rings. The zero-order valence-electron chi connectivity index (χ0n) is 10.8. The van der Waals surface area contributed by atoms with E-state index in [1.165, 1.54) is 6.07 Å². The minimum absolute atomic E-state index is 0.533. The Hall–Kier alpha value is -2.09. The second-order valence-corrected chi connectivity index (χ2v) is 4.39. The lowest BCUT2D eigenvalue weighted by atomic mass is 9.97. The molecule has 0 fully saturated rings. The summed E-state index contributed by atoms with van der Waals surface area (Å²) >= 11 is 0. The molecule has 8 heteroatoms. The maximum Gasteiger partial charge on any atom is 0.418 e. The van der Waals surface area contributed by atoms with E-state index in [1.54, 1.807) is 0 Å². The van der Waals surface area contributed by atoms with Gasteiger partial charge in [-0.1, -0.05) is 18.2 Å². The molecule has 22 heavy (non-hydrogen) atoms. The van der Waals surface area contributed by atoms with Crippen LogP contribution in [0.15, 0.2) is 36.5 Å². The molecule has 0 spiro atoms. The van der Waals surface area contributed by atoms with Crippen molar-refractivity contribution in [2.24, 2.45) is 0 Å². The number of benzene rings is 1. The first kappa shape index (κ1) is 16.3. The molecule has 1 N–H and O–H groups in total. The van der Waals surface area contributed by atoms with Gasteiger partial charge in [-0.05, 0) is 17.7 Å². The van der Waals surface area contributed by atoms with Gasteiger partial charge in [0.2, 0.25) is 0 Å². The van der Waals surface area contributed by atoms with E-state index in [0.717, 1.165) is 24.4 Å². The molecule has 0 amide bonds. The molecule has 1 heterocycles. The van der Waals surface area contributed by atoms with Crippen molar-refractivity contribution in [1.82, 2.24) is 4.98 Å². The van der Waals surface area contributed by atoms with E-state index in [2.05, 4.69) is 4.98 Å². The van der Waals surface area contributed by atoms with Gasteiger partial charge in [0.1, 0.15) is 0 Å². The van der Waals surface area contributed by atoms with Crippen molar-refractivity contribution in [2.75, 3.05) is 0 Å². The third-order valence-electron chi connectivity index (χ3n) is 2.98. The fourth-order valence-electron chi connectivity index (χ4n) is 2.09. The normalized spacial score (nSPS) is 12.5. The molecule has 0 saturated heterocycles. The fourth-order valence-corrected chi connectivity index (χ4v) is 2.09. The van der Waals surface area contributed by atoms with Crippen LogP contribution in [0, 0.1) is 0 Å². The van der Waals surface area contributed by atoms with Crippen molar-refractivity contribution in [1.29, 1.82) is 0 Å². The summed E-state index contributed by atoms with van der Waals surface area (Å²) in [4.78, 5) is 3.47. The quantitative estimate of drug-likeness (QED) is 0.838. The number of alkyl halides is 6. The van der Waals surface area contributed by atoms with E-state index >= 15 is 0 Å². The van der Waals surface area contributed by atoms with Gasteiger partial charge in [0.25, 0.3) is 0 Å². The van der Waals surface area contributed by atoms with E-state index in [1.807, 2.05) is 0 Å². The number of halogens is 6. The van der Waals surface area contributed by atoms with E-state index in [4.69, 9.17) is 5.11 Å². The van der Waals surface area contributed by atoms with Crippen molar-refractivity contribution in [3.8, 4) is 11.3 Å². The molecular weight excluding hydrogens is 312 g/mol. The molecular formula is C14H9F6NO. The first-order valence-corrected chi connectivity index (χ1v) is 5.98. The Balaban J connectivity index is 2.80. The van der Waals surface area contributed by atoms with E-state index in [9.17, 15) is 26.3 Å². The van der Waals surface area contributed by atoms with E-state index in [0.29, 0.717) is 6.07 Å². The molecule has 2 rings (SSSR count). The highest BCUT2D eigenvalue weighted by Gasteiger charge is 2.40. The van der Waals surface area contributed by atoms with Gasteiger partial charge >= 0.3 is 12.4 Å². The minimum Gasteiger partial charge on any atom is -0.392 e. The highest BCUT2D eigenvalue weighted by Crippen LogP contribution is 2.42. The van der Waals surface area contributed by atoms with Crippen LogP contribution in [-0.2, 0) is 19.0 Å². The summed E-state index contributed by atoms with van der Waals surface area (Å²) in [6.07, 6.45) is -8.83. The third kappa shape index (κ3) is 3.06. The summed E-state index contributed by atoms with van der Waals surface area (Å²) in [5.74, 6) is 0. The lowest BCUT2D eigenvalue weighted by molar-refractivity contribution is -0.140. The largest absolute Gasteiger partial charge is 0.418 e. The van der Waals surface area contributed by atoms with Gasteiger partial charge in [0, 0.05) is 11.8 Å². The van der Waals surface area contributed by atoms with Gasteiger partial charge in [-0.25, -0.2) is 0 Å².